The van der Waals surface area contributed by atoms with Gasteiger partial charge in [0, 0.05) is 18.1 Å². The molecule has 0 spiro atoms. The lowest BCUT2D eigenvalue weighted by atomic mass is 9.78. The van der Waals surface area contributed by atoms with Crippen LogP contribution in [0.15, 0.2) is 12.1 Å². The molecule has 1 rings (SSSR count). The van der Waals surface area contributed by atoms with Crippen LogP contribution >= 0.6 is 0 Å². The summed E-state index contributed by atoms with van der Waals surface area (Å²) in [7, 11) is 0. The van der Waals surface area contributed by atoms with E-state index in [1.165, 1.54) is 6.92 Å². The second-order valence-electron chi connectivity index (χ2n) is 7.30. The van der Waals surface area contributed by atoms with Gasteiger partial charge in [0.05, 0.1) is 5.56 Å². The molecular weight excluding hydrogens is 292 g/mol. The fourth-order valence-electron chi connectivity index (χ4n) is 2.09. The highest BCUT2D eigenvalue weighted by molar-refractivity contribution is 5.97. The number of esters is 2. The van der Waals surface area contributed by atoms with Crippen LogP contribution in [0.2, 0.25) is 0 Å². The van der Waals surface area contributed by atoms with Crippen molar-refractivity contribution in [3.8, 4) is 5.75 Å². The number of aromatic hydroxyl groups is 1. The van der Waals surface area contributed by atoms with Crippen molar-refractivity contribution in [3.63, 3.8) is 0 Å². The maximum atomic E-state index is 12.0. The summed E-state index contributed by atoms with van der Waals surface area (Å²) in [5, 5.41) is 10.5. The normalized spacial score (nSPS) is 11.3. The standard InChI is InChI=1S/C17H24O4.C2H5/c1-10(18)21-15(20)11-8-12(16(2,3)4)14(19)13(9-11)17(5,6)7;1-2/h8-9,19H,1-7H3;1H2,2H3. The smallest absolute Gasteiger partial charge is 0.345 e. The van der Waals surface area contributed by atoms with Gasteiger partial charge < -0.3 is 9.84 Å². The highest BCUT2D eigenvalue weighted by Gasteiger charge is 2.28. The zero-order valence-electron chi connectivity index (χ0n) is 15.5. The van der Waals surface area contributed by atoms with Crippen molar-refractivity contribution < 1.29 is 19.4 Å². The van der Waals surface area contributed by atoms with E-state index >= 15 is 0 Å². The Hall–Kier alpha value is -1.84. The summed E-state index contributed by atoms with van der Waals surface area (Å²) >= 11 is 0. The first-order valence-corrected chi connectivity index (χ1v) is 7.65. The van der Waals surface area contributed by atoms with Crippen LogP contribution in [0.25, 0.3) is 0 Å². The summed E-state index contributed by atoms with van der Waals surface area (Å²) in [5.41, 5.74) is 0.918. The van der Waals surface area contributed by atoms with Crippen LogP contribution in [-0.2, 0) is 20.4 Å². The third-order valence-electron chi connectivity index (χ3n) is 3.20. The Balaban J connectivity index is 0.00000232. The number of benzene rings is 1. The van der Waals surface area contributed by atoms with E-state index in [1.54, 1.807) is 19.1 Å². The Morgan fingerprint density at radius 2 is 1.30 bits per heavy atom. The molecule has 0 heterocycles. The van der Waals surface area contributed by atoms with Gasteiger partial charge in [-0.3, -0.25) is 4.79 Å². The molecule has 0 bridgehead atoms. The first-order chi connectivity index (χ1) is 10.3. The number of hydrogen-bond acceptors (Lipinski definition) is 4. The molecule has 0 aromatic heterocycles. The Morgan fingerprint density at radius 3 is 1.57 bits per heavy atom. The van der Waals surface area contributed by atoms with Crippen molar-refractivity contribution in [3.05, 3.63) is 35.7 Å². The molecule has 1 radical (unpaired) electrons. The molecule has 0 fully saturated rings. The molecular formula is C19H29O4. The van der Waals surface area contributed by atoms with Gasteiger partial charge in [-0.15, -0.1) is 0 Å². The van der Waals surface area contributed by atoms with Crippen molar-refractivity contribution in [1.82, 2.24) is 0 Å². The van der Waals surface area contributed by atoms with Gasteiger partial charge >= 0.3 is 11.9 Å². The van der Waals surface area contributed by atoms with E-state index in [0.717, 1.165) is 0 Å². The third-order valence-corrected chi connectivity index (χ3v) is 3.20. The predicted octanol–water partition coefficient (Wildman–Crippen LogP) is 4.53. The van der Waals surface area contributed by atoms with Crippen molar-refractivity contribution >= 4 is 11.9 Å². The fourth-order valence-corrected chi connectivity index (χ4v) is 2.09. The molecule has 0 aliphatic heterocycles. The molecule has 129 valence electrons. The van der Waals surface area contributed by atoms with E-state index in [-0.39, 0.29) is 22.1 Å². The van der Waals surface area contributed by atoms with Crippen molar-refractivity contribution in [1.29, 1.82) is 0 Å². The van der Waals surface area contributed by atoms with Crippen molar-refractivity contribution in [2.45, 2.75) is 66.2 Å². The summed E-state index contributed by atoms with van der Waals surface area (Å²) in [4.78, 5) is 23.0. The molecule has 0 saturated carbocycles. The maximum Gasteiger partial charge on any atom is 0.345 e. The largest absolute Gasteiger partial charge is 0.507 e. The summed E-state index contributed by atoms with van der Waals surface area (Å²) in [5.74, 6) is -1.16. The van der Waals surface area contributed by atoms with E-state index in [9.17, 15) is 14.7 Å². The van der Waals surface area contributed by atoms with Crippen LogP contribution in [0, 0.1) is 6.92 Å². The summed E-state index contributed by atoms with van der Waals surface area (Å²) in [6, 6.07) is 3.19. The minimum Gasteiger partial charge on any atom is -0.507 e. The molecule has 0 saturated heterocycles. The molecule has 0 aliphatic rings. The Kier molecular flexibility index (Phi) is 7.01. The second-order valence-corrected chi connectivity index (χ2v) is 7.30. The number of phenolic OH excluding ortho intramolecular Hbond substituents is 1. The lowest BCUT2D eigenvalue weighted by molar-refractivity contribution is -0.135. The molecule has 1 N–H and O–H groups in total. The topological polar surface area (TPSA) is 63.6 Å². The van der Waals surface area contributed by atoms with Gasteiger partial charge in [0.2, 0.25) is 0 Å². The molecule has 23 heavy (non-hydrogen) atoms. The minimum absolute atomic E-state index is 0.189. The van der Waals surface area contributed by atoms with E-state index < -0.39 is 11.9 Å². The predicted molar refractivity (Wildman–Crippen MR) is 92.6 cm³/mol. The number of phenols is 1. The highest BCUT2D eigenvalue weighted by atomic mass is 16.6. The lowest BCUT2D eigenvalue weighted by Crippen LogP contribution is -2.19. The SMILES string of the molecule is CC(=O)OC(=O)c1cc(C(C)(C)C)c(O)c(C(C)(C)C)c1.[CH2]C. The van der Waals surface area contributed by atoms with Crippen LogP contribution in [-0.4, -0.2) is 17.0 Å². The number of hydrogen-bond donors (Lipinski definition) is 1. The van der Waals surface area contributed by atoms with E-state index in [2.05, 4.69) is 11.7 Å². The van der Waals surface area contributed by atoms with Gasteiger partial charge in [0.25, 0.3) is 0 Å². The zero-order valence-corrected chi connectivity index (χ0v) is 15.5. The van der Waals surface area contributed by atoms with Crippen molar-refractivity contribution in [2.24, 2.45) is 0 Å². The number of ether oxygens (including phenoxy) is 1. The lowest BCUT2D eigenvalue weighted by Gasteiger charge is -2.27. The molecule has 4 heteroatoms. The van der Waals surface area contributed by atoms with Gasteiger partial charge in [-0.1, -0.05) is 55.4 Å². The van der Waals surface area contributed by atoms with Crippen LogP contribution in [0.4, 0.5) is 0 Å². The second kappa shape index (κ2) is 7.62. The molecule has 0 aliphatic carbocycles. The van der Waals surface area contributed by atoms with Gasteiger partial charge in [0.15, 0.2) is 0 Å². The molecule has 0 amide bonds. The summed E-state index contributed by atoms with van der Waals surface area (Å²) < 4.78 is 4.65. The van der Waals surface area contributed by atoms with Crippen LogP contribution in [0.1, 0.15) is 76.9 Å². The van der Waals surface area contributed by atoms with Crippen LogP contribution < -0.4 is 0 Å². The third kappa shape index (κ3) is 5.70. The Labute approximate surface area is 139 Å². The molecule has 1 aromatic carbocycles. The molecule has 1 aromatic rings. The fraction of sp³-hybridized carbons (Fsp3) is 0.526. The van der Waals surface area contributed by atoms with Crippen LogP contribution in [0.3, 0.4) is 0 Å². The molecule has 4 nitrogen and oxygen atoms in total. The maximum absolute atomic E-state index is 12.0. The van der Waals surface area contributed by atoms with Gasteiger partial charge in [0.1, 0.15) is 5.75 Å². The Bertz CT molecular complexity index is 537. The van der Waals surface area contributed by atoms with E-state index in [4.69, 9.17) is 0 Å². The first kappa shape index (κ1) is 21.2. The summed E-state index contributed by atoms with van der Waals surface area (Å²) in [6.45, 7) is 17.9. The van der Waals surface area contributed by atoms with Gasteiger partial charge in [-0.2, -0.15) is 0 Å². The van der Waals surface area contributed by atoms with Crippen LogP contribution in [0.5, 0.6) is 5.75 Å². The Morgan fingerprint density at radius 1 is 0.957 bits per heavy atom. The average Bonchev–Trinajstić information content (AvgIpc) is 2.37. The number of rotatable bonds is 1. The monoisotopic (exact) mass is 321 g/mol. The zero-order chi connectivity index (χ0) is 18.6. The average molecular weight is 321 g/mol. The first-order valence-electron chi connectivity index (χ1n) is 7.65. The molecule has 0 unspecified atom stereocenters. The van der Waals surface area contributed by atoms with E-state index in [1.807, 2.05) is 41.5 Å². The summed E-state index contributed by atoms with van der Waals surface area (Å²) in [6.07, 6.45) is 0. The molecule has 0 atom stereocenters. The van der Waals surface area contributed by atoms with Gasteiger partial charge in [-0.05, 0) is 23.0 Å². The van der Waals surface area contributed by atoms with E-state index in [0.29, 0.717) is 11.1 Å². The highest BCUT2D eigenvalue weighted by Crippen LogP contribution is 2.39. The number of carbonyl (C=O) groups is 2. The van der Waals surface area contributed by atoms with Gasteiger partial charge in [-0.25, -0.2) is 4.79 Å². The number of carbonyl (C=O) groups excluding carboxylic acids is 2. The minimum atomic E-state index is -0.696. The quantitative estimate of drug-likeness (QED) is 0.609. The van der Waals surface area contributed by atoms with Crippen molar-refractivity contribution in [2.75, 3.05) is 0 Å².